The third kappa shape index (κ3) is 4.28. The molecular weight excluding hydrogens is 216 g/mol. The van der Waals surface area contributed by atoms with Gasteiger partial charge in [0.05, 0.1) is 5.92 Å². The van der Waals surface area contributed by atoms with Crippen LogP contribution in [0.1, 0.15) is 26.7 Å². The molecule has 1 saturated heterocycles. The first-order valence-electron chi connectivity index (χ1n) is 6.59. The van der Waals surface area contributed by atoms with Gasteiger partial charge < -0.3 is 15.4 Å². The number of nitrogens with two attached hydrogens (primary N) is 1. The van der Waals surface area contributed by atoms with E-state index in [1.54, 1.807) is 0 Å². The van der Waals surface area contributed by atoms with Crippen molar-refractivity contribution in [1.82, 2.24) is 4.90 Å². The van der Waals surface area contributed by atoms with E-state index in [0.29, 0.717) is 18.4 Å². The first-order chi connectivity index (χ1) is 8.06. The van der Waals surface area contributed by atoms with Crippen LogP contribution in [-0.2, 0) is 9.53 Å². The fraction of sp³-hybridized carbons (Fsp3) is 0.923. The smallest absolute Gasteiger partial charge is 0.226 e. The lowest BCUT2D eigenvalue weighted by Gasteiger charge is -2.30. The minimum Gasteiger partial charge on any atom is -0.381 e. The van der Waals surface area contributed by atoms with E-state index in [4.69, 9.17) is 10.5 Å². The number of rotatable bonds is 5. The first-order valence-corrected chi connectivity index (χ1v) is 6.59. The van der Waals surface area contributed by atoms with Crippen molar-refractivity contribution in [1.29, 1.82) is 0 Å². The van der Waals surface area contributed by atoms with E-state index >= 15 is 0 Å². The molecule has 1 rings (SSSR count). The van der Waals surface area contributed by atoms with Crippen LogP contribution >= 0.6 is 0 Å². The summed E-state index contributed by atoms with van der Waals surface area (Å²) in [6, 6.07) is 0. The Bertz CT molecular complexity index is 238. The van der Waals surface area contributed by atoms with Gasteiger partial charge in [0.25, 0.3) is 0 Å². The number of amides is 1. The fourth-order valence-corrected chi connectivity index (χ4v) is 2.35. The first kappa shape index (κ1) is 14.5. The molecule has 4 heteroatoms. The van der Waals surface area contributed by atoms with E-state index in [1.165, 1.54) is 0 Å². The molecule has 0 radical (unpaired) electrons. The van der Waals surface area contributed by atoms with Gasteiger partial charge in [-0.05, 0) is 24.7 Å². The van der Waals surface area contributed by atoms with Crippen molar-refractivity contribution in [2.24, 2.45) is 23.5 Å². The van der Waals surface area contributed by atoms with Crippen LogP contribution < -0.4 is 5.73 Å². The summed E-state index contributed by atoms with van der Waals surface area (Å²) in [6.45, 7) is 7.05. The maximum absolute atomic E-state index is 12.2. The average molecular weight is 242 g/mol. The summed E-state index contributed by atoms with van der Waals surface area (Å²) in [5.74, 6) is 1.04. The Morgan fingerprint density at radius 2 is 2.00 bits per heavy atom. The van der Waals surface area contributed by atoms with Gasteiger partial charge in [0.15, 0.2) is 0 Å². The number of carbonyl (C=O) groups excluding carboxylic acids is 1. The average Bonchev–Trinajstić information content (AvgIpc) is 2.30. The van der Waals surface area contributed by atoms with Crippen LogP contribution in [-0.4, -0.2) is 44.2 Å². The number of hydrogen-bond acceptors (Lipinski definition) is 3. The molecule has 1 fully saturated rings. The normalized spacial score (nSPS) is 19.4. The Kier molecular flexibility index (Phi) is 5.92. The molecule has 0 aliphatic carbocycles. The number of carbonyl (C=O) groups is 1. The van der Waals surface area contributed by atoms with Crippen molar-refractivity contribution in [2.45, 2.75) is 26.7 Å². The summed E-state index contributed by atoms with van der Waals surface area (Å²) >= 11 is 0. The lowest BCUT2D eigenvalue weighted by molar-refractivity contribution is -0.136. The van der Waals surface area contributed by atoms with Gasteiger partial charge in [-0.3, -0.25) is 4.79 Å². The standard InChI is InChI=1S/C13H26N2O2/c1-10(2)12(8-14)13(16)15(3)9-11-4-6-17-7-5-11/h10-12H,4-9,14H2,1-3H3. The fourth-order valence-electron chi connectivity index (χ4n) is 2.35. The Morgan fingerprint density at radius 1 is 1.41 bits per heavy atom. The molecule has 0 bridgehead atoms. The third-order valence-electron chi connectivity index (χ3n) is 3.63. The lowest BCUT2D eigenvalue weighted by atomic mass is 9.93. The zero-order valence-electron chi connectivity index (χ0n) is 11.3. The molecule has 1 atom stereocenters. The molecule has 1 amide bonds. The minimum atomic E-state index is -0.0418. The second kappa shape index (κ2) is 6.97. The Hall–Kier alpha value is -0.610. The van der Waals surface area contributed by atoms with E-state index in [1.807, 2.05) is 11.9 Å². The molecule has 0 saturated carbocycles. The van der Waals surface area contributed by atoms with Gasteiger partial charge in [-0.15, -0.1) is 0 Å². The summed E-state index contributed by atoms with van der Waals surface area (Å²) < 4.78 is 5.33. The molecule has 17 heavy (non-hydrogen) atoms. The van der Waals surface area contributed by atoms with Crippen molar-refractivity contribution in [3.63, 3.8) is 0 Å². The molecule has 1 aliphatic heterocycles. The van der Waals surface area contributed by atoms with Crippen molar-refractivity contribution in [3.05, 3.63) is 0 Å². The topological polar surface area (TPSA) is 55.6 Å². The lowest BCUT2D eigenvalue weighted by Crippen LogP contribution is -2.42. The van der Waals surface area contributed by atoms with Crippen LogP contribution in [0.3, 0.4) is 0 Å². The highest BCUT2D eigenvalue weighted by Gasteiger charge is 2.25. The van der Waals surface area contributed by atoms with Crippen LogP contribution in [0.2, 0.25) is 0 Å². The van der Waals surface area contributed by atoms with Gasteiger partial charge in [0.2, 0.25) is 5.91 Å². The summed E-state index contributed by atoms with van der Waals surface area (Å²) in [4.78, 5) is 14.1. The third-order valence-corrected chi connectivity index (χ3v) is 3.63. The molecule has 4 nitrogen and oxygen atoms in total. The number of hydrogen-bond donors (Lipinski definition) is 1. The Balaban J connectivity index is 2.44. The highest BCUT2D eigenvalue weighted by molar-refractivity contribution is 5.79. The highest BCUT2D eigenvalue weighted by atomic mass is 16.5. The molecule has 0 spiro atoms. The van der Waals surface area contributed by atoms with Crippen LogP contribution in [0, 0.1) is 17.8 Å². The number of ether oxygens (including phenoxy) is 1. The SMILES string of the molecule is CC(C)C(CN)C(=O)N(C)CC1CCOCC1. The van der Waals surface area contributed by atoms with Gasteiger partial charge in [-0.25, -0.2) is 0 Å². The van der Waals surface area contributed by atoms with Crippen molar-refractivity contribution in [3.8, 4) is 0 Å². The van der Waals surface area contributed by atoms with Crippen LogP contribution in [0.15, 0.2) is 0 Å². The molecule has 0 aromatic heterocycles. The highest BCUT2D eigenvalue weighted by Crippen LogP contribution is 2.18. The zero-order valence-corrected chi connectivity index (χ0v) is 11.3. The second-order valence-corrected chi connectivity index (χ2v) is 5.36. The summed E-state index contributed by atoms with van der Waals surface area (Å²) in [6.07, 6.45) is 2.12. The Labute approximate surface area is 104 Å². The van der Waals surface area contributed by atoms with Crippen molar-refractivity contribution < 1.29 is 9.53 Å². The molecule has 1 aliphatic rings. The molecule has 100 valence electrons. The molecule has 1 unspecified atom stereocenters. The predicted octanol–water partition coefficient (Wildman–Crippen LogP) is 1.10. The molecule has 1 heterocycles. The van der Waals surface area contributed by atoms with E-state index in [-0.39, 0.29) is 11.8 Å². The van der Waals surface area contributed by atoms with Crippen molar-refractivity contribution in [2.75, 3.05) is 33.4 Å². The quantitative estimate of drug-likeness (QED) is 0.785. The van der Waals surface area contributed by atoms with E-state index in [0.717, 1.165) is 32.6 Å². The summed E-state index contributed by atoms with van der Waals surface area (Å²) in [5, 5.41) is 0. The molecule has 2 N–H and O–H groups in total. The molecular formula is C13H26N2O2. The summed E-state index contributed by atoms with van der Waals surface area (Å²) in [7, 11) is 1.89. The van der Waals surface area contributed by atoms with Gasteiger partial charge in [0.1, 0.15) is 0 Å². The molecule has 0 aromatic carbocycles. The zero-order chi connectivity index (χ0) is 12.8. The van der Waals surface area contributed by atoms with Gasteiger partial charge in [-0.2, -0.15) is 0 Å². The largest absolute Gasteiger partial charge is 0.381 e. The summed E-state index contributed by atoms with van der Waals surface area (Å²) in [5.41, 5.74) is 5.68. The monoisotopic (exact) mass is 242 g/mol. The van der Waals surface area contributed by atoms with Crippen LogP contribution in [0.5, 0.6) is 0 Å². The van der Waals surface area contributed by atoms with Crippen LogP contribution in [0.25, 0.3) is 0 Å². The minimum absolute atomic E-state index is 0.0418. The molecule has 0 aromatic rings. The van der Waals surface area contributed by atoms with Crippen LogP contribution in [0.4, 0.5) is 0 Å². The maximum Gasteiger partial charge on any atom is 0.226 e. The van der Waals surface area contributed by atoms with Gasteiger partial charge in [0, 0.05) is 33.4 Å². The van der Waals surface area contributed by atoms with E-state index in [9.17, 15) is 4.79 Å². The van der Waals surface area contributed by atoms with Gasteiger partial charge in [-0.1, -0.05) is 13.8 Å². The van der Waals surface area contributed by atoms with Gasteiger partial charge >= 0.3 is 0 Å². The van der Waals surface area contributed by atoms with Crippen molar-refractivity contribution >= 4 is 5.91 Å². The van der Waals surface area contributed by atoms with E-state index in [2.05, 4.69) is 13.8 Å². The second-order valence-electron chi connectivity index (χ2n) is 5.36. The maximum atomic E-state index is 12.2. The predicted molar refractivity (Wildman–Crippen MR) is 68.6 cm³/mol. The number of nitrogens with zero attached hydrogens (tertiary/aromatic N) is 1. The van der Waals surface area contributed by atoms with E-state index < -0.39 is 0 Å². The Morgan fingerprint density at radius 3 is 2.47 bits per heavy atom.